The van der Waals surface area contributed by atoms with Gasteiger partial charge >= 0.3 is 11.9 Å². The van der Waals surface area contributed by atoms with E-state index in [1.807, 2.05) is 19.9 Å². The molecule has 1 rings (SSSR count). The summed E-state index contributed by atoms with van der Waals surface area (Å²) in [5.41, 5.74) is 2.28. The maximum absolute atomic E-state index is 11.7. The zero-order valence-electron chi connectivity index (χ0n) is 11.7. The van der Waals surface area contributed by atoms with E-state index in [1.165, 1.54) is 14.2 Å². The molecule has 0 aliphatic carbocycles. The first-order valence-electron chi connectivity index (χ1n) is 5.81. The fourth-order valence-electron chi connectivity index (χ4n) is 1.58. The summed E-state index contributed by atoms with van der Waals surface area (Å²) in [4.78, 5) is 23.0. The van der Waals surface area contributed by atoms with Gasteiger partial charge in [0.25, 0.3) is 0 Å². The number of hydrogen-bond acceptors (Lipinski definition) is 5. The number of hydrogen-bond donors (Lipinski definition) is 1. The van der Waals surface area contributed by atoms with Gasteiger partial charge < -0.3 is 14.8 Å². The van der Waals surface area contributed by atoms with Crippen LogP contribution in [0, 0.1) is 13.8 Å². The van der Waals surface area contributed by atoms with Gasteiger partial charge in [-0.25, -0.2) is 9.59 Å². The maximum Gasteiger partial charge on any atom is 0.354 e. The van der Waals surface area contributed by atoms with Crippen molar-refractivity contribution in [3.8, 4) is 0 Å². The third kappa shape index (κ3) is 3.74. The fraction of sp³-hybridized carbons (Fsp3) is 0.286. The lowest BCUT2D eigenvalue weighted by Gasteiger charge is -2.15. The molecule has 20 heavy (non-hydrogen) atoms. The summed E-state index contributed by atoms with van der Waals surface area (Å²) in [5.74, 6) is -1.33. The molecule has 0 saturated carbocycles. The molecule has 0 heterocycles. The van der Waals surface area contributed by atoms with Crippen molar-refractivity contribution >= 4 is 29.2 Å². The molecule has 5 nitrogen and oxygen atoms in total. The first-order valence-corrected chi connectivity index (χ1v) is 6.19. The molecule has 1 aromatic carbocycles. The van der Waals surface area contributed by atoms with E-state index in [9.17, 15) is 9.59 Å². The molecular formula is C14H16ClNO4. The number of anilines is 1. The van der Waals surface area contributed by atoms with Gasteiger partial charge in [-0.15, -0.1) is 0 Å². The Morgan fingerprint density at radius 3 is 2.40 bits per heavy atom. The highest BCUT2D eigenvalue weighted by molar-refractivity contribution is 6.31. The van der Waals surface area contributed by atoms with E-state index in [4.69, 9.17) is 11.6 Å². The van der Waals surface area contributed by atoms with Crippen molar-refractivity contribution in [2.75, 3.05) is 19.5 Å². The minimum Gasteiger partial charge on any atom is -0.466 e. The molecular weight excluding hydrogens is 282 g/mol. The number of esters is 2. The minimum atomic E-state index is -0.672. The molecule has 0 aromatic heterocycles. The number of methoxy groups -OCH3 is 2. The average molecular weight is 298 g/mol. The Kier molecular flexibility index (Phi) is 5.58. The normalized spacial score (nSPS) is 10.9. The predicted octanol–water partition coefficient (Wildman–Crippen LogP) is 2.60. The first kappa shape index (κ1) is 16.0. The lowest BCUT2D eigenvalue weighted by molar-refractivity contribution is -0.138. The van der Waals surface area contributed by atoms with Crippen molar-refractivity contribution < 1.29 is 19.1 Å². The Labute approximate surface area is 122 Å². The number of aryl methyl sites for hydroxylation is 1. The molecule has 0 unspecified atom stereocenters. The van der Waals surface area contributed by atoms with Crippen molar-refractivity contribution in [1.29, 1.82) is 0 Å². The van der Waals surface area contributed by atoms with E-state index < -0.39 is 11.9 Å². The molecule has 0 spiro atoms. The van der Waals surface area contributed by atoms with Crippen LogP contribution in [0.1, 0.15) is 11.1 Å². The monoisotopic (exact) mass is 297 g/mol. The molecule has 1 N–H and O–H groups in total. The van der Waals surface area contributed by atoms with Crippen molar-refractivity contribution in [2.45, 2.75) is 13.8 Å². The van der Waals surface area contributed by atoms with Crippen LogP contribution in [-0.2, 0) is 19.1 Å². The number of ether oxygens (including phenoxy) is 2. The molecule has 0 fully saturated rings. The highest BCUT2D eigenvalue weighted by Gasteiger charge is 2.15. The largest absolute Gasteiger partial charge is 0.466 e. The standard InChI is InChI=1S/C14H16ClNO4/c1-8-5-6-10(15)9(2)13(8)16-11(14(18)20-4)7-12(17)19-3/h5-7,16H,1-4H3/b11-7+. The second-order valence-corrected chi connectivity index (χ2v) is 4.47. The SMILES string of the molecule is COC(=O)/C=C(/Nc1c(C)ccc(Cl)c1C)C(=O)OC. The van der Waals surface area contributed by atoms with E-state index >= 15 is 0 Å². The first-order chi connectivity index (χ1) is 9.40. The van der Waals surface area contributed by atoms with Crippen LogP contribution in [-0.4, -0.2) is 26.2 Å². The number of halogens is 1. The topological polar surface area (TPSA) is 64.6 Å². The lowest BCUT2D eigenvalue weighted by atomic mass is 10.1. The van der Waals surface area contributed by atoms with Gasteiger partial charge in [-0.2, -0.15) is 0 Å². The zero-order chi connectivity index (χ0) is 15.3. The zero-order valence-corrected chi connectivity index (χ0v) is 12.5. The number of benzene rings is 1. The smallest absolute Gasteiger partial charge is 0.354 e. The van der Waals surface area contributed by atoms with Crippen molar-refractivity contribution in [2.24, 2.45) is 0 Å². The summed E-state index contributed by atoms with van der Waals surface area (Å²) >= 11 is 6.05. The van der Waals surface area contributed by atoms with E-state index in [0.29, 0.717) is 10.7 Å². The van der Waals surface area contributed by atoms with Gasteiger partial charge in [0.2, 0.25) is 0 Å². The van der Waals surface area contributed by atoms with E-state index in [2.05, 4.69) is 14.8 Å². The number of carbonyl (C=O) groups excluding carboxylic acids is 2. The number of carbonyl (C=O) groups is 2. The molecule has 0 saturated heterocycles. The molecule has 0 atom stereocenters. The summed E-state index contributed by atoms with van der Waals surface area (Å²) < 4.78 is 9.14. The average Bonchev–Trinajstić information content (AvgIpc) is 2.45. The van der Waals surface area contributed by atoms with Gasteiger partial charge in [0.1, 0.15) is 5.70 Å². The van der Waals surface area contributed by atoms with Crippen molar-refractivity contribution in [3.05, 3.63) is 40.1 Å². The van der Waals surface area contributed by atoms with Gasteiger partial charge in [-0.05, 0) is 31.0 Å². The maximum atomic E-state index is 11.7. The molecule has 6 heteroatoms. The van der Waals surface area contributed by atoms with Crippen LogP contribution in [0.2, 0.25) is 5.02 Å². The predicted molar refractivity (Wildman–Crippen MR) is 76.7 cm³/mol. The van der Waals surface area contributed by atoms with Gasteiger partial charge in [0.15, 0.2) is 0 Å². The van der Waals surface area contributed by atoms with Crippen molar-refractivity contribution in [1.82, 2.24) is 0 Å². The van der Waals surface area contributed by atoms with E-state index in [1.54, 1.807) is 6.07 Å². The van der Waals surface area contributed by atoms with Gasteiger partial charge in [-0.3, -0.25) is 0 Å². The van der Waals surface area contributed by atoms with Crippen LogP contribution in [0.15, 0.2) is 23.9 Å². The van der Waals surface area contributed by atoms with Crippen LogP contribution in [0.5, 0.6) is 0 Å². The Morgan fingerprint density at radius 1 is 1.20 bits per heavy atom. The molecule has 108 valence electrons. The van der Waals surface area contributed by atoms with Crippen LogP contribution < -0.4 is 5.32 Å². The molecule has 0 aliphatic heterocycles. The highest BCUT2D eigenvalue weighted by atomic mass is 35.5. The third-order valence-corrected chi connectivity index (χ3v) is 3.15. The summed E-state index contributed by atoms with van der Waals surface area (Å²) in [6.07, 6.45) is 1.03. The van der Waals surface area contributed by atoms with Gasteiger partial charge in [0, 0.05) is 10.7 Å². The Morgan fingerprint density at radius 2 is 1.85 bits per heavy atom. The molecule has 1 aromatic rings. The van der Waals surface area contributed by atoms with Crippen LogP contribution in [0.25, 0.3) is 0 Å². The Bertz CT molecular complexity index is 567. The van der Waals surface area contributed by atoms with Crippen LogP contribution in [0.3, 0.4) is 0 Å². The second-order valence-electron chi connectivity index (χ2n) is 4.06. The van der Waals surface area contributed by atoms with Crippen LogP contribution in [0.4, 0.5) is 5.69 Å². The van der Waals surface area contributed by atoms with Gasteiger partial charge in [0.05, 0.1) is 20.3 Å². The van der Waals surface area contributed by atoms with E-state index in [-0.39, 0.29) is 5.70 Å². The Hall–Kier alpha value is -2.01. The summed E-state index contributed by atoms with van der Waals surface area (Å²) in [6, 6.07) is 3.57. The number of rotatable bonds is 4. The quantitative estimate of drug-likeness (QED) is 0.683. The third-order valence-electron chi connectivity index (χ3n) is 2.74. The second kappa shape index (κ2) is 6.96. The van der Waals surface area contributed by atoms with Crippen molar-refractivity contribution in [3.63, 3.8) is 0 Å². The Balaban J connectivity index is 3.21. The lowest BCUT2D eigenvalue weighted by Crippen LogP contribution is -2.16. The summed E-state index contributed by atoms with van der Waals surface area (Å²) in [5, 5.41) is 3.43. The molecule has 0 bridgehead atoms. The molecule has 0 amide bonds. The van der Waals surface area contributed by atoms with E-state index in [0.717, 1.165) is 17.2 Å². The molecule has 0 radical (unpaired) electrons. The minimum absolute atomic E-state index is 0.0205. The highest BCUT2D eigenvalue weighted by Crippen LogP contribution is 2.28. The molecule has 0 aliphatic rings. The fourth-order valence-corrected chi connectivity index (χ4v) is 1.74. The summed E-state index contributed by atoms with van der Waals surface area (Å²) in [7, 11) is 2.45. The summed E-state index contributed by atoms with van der Waals surface area (Å²) in [6.45, 7) is 3.67. The number of nitrogens with one attached hydrogen (secondary N) is 1. The van der Waals surface area contributed by atoms with Gasteiger partial charge in [-0.1, -0.05) is 17.7 Å². The van der Waals surface area contributed by atoms with Crippen LogP contribution >= 0.6 is 11.6 Å².